The maximum absolute atomic E-state index is 5.72. The van der Waals surface area contributed by atoms with E-state index in [9.17, 15) is 0 Å². The Bertz CT molecular complexity index is 491. The third-order valence-electron chi connectivity index (χ3n) is 2.64. The molecule has 0 bridgehead atoms. The lowest BCUT2D eigenvalue weighted by Gasteiger charge is -2.07. The largest absolute Gasteiger partial charge is 0.496 e. The van der Waals surface area contributed by atoms with Crippen LogP contribution >= 0.6 is 0 Å². The molecule has 0 aliphatic heterocycles. The number of nitrogens with two attached hydrogens (primary N) is 1. The van der Waals surface area contributed by atoms with E-state index in [1.54, 1.807) is 7.11 Å². The summed E-state index contributed by atoms with van der Waals surface area (Å²) in [6.07, 6.45) is 0. The van der Waals surface area contributed by atoms with Crippen molar-refractivity contribution < 1.29 is 4.74 Å². The van der Waals surface area contributed by atoms with Crippen molar-refractivity contribution in [2.75, 3.05) is 7.11 Å². The van der Waals surface area contributed by atoms with Crippen LogP contribution < -0.4 is 10.5 Å². The van der Waals surface area contributed by atoms with Crippen molar-refractivity contribution in [1.82, 2.24) is 10.2 Å². The third kappa shape index (κ3) is 1.67. The first-order valence-corrected chi connectivity index (χ1v) is 5.15. The highest BCUT2D eigenvalue weighted by atomic mass is 16.5. The van der Waals surface area contributed by atoms with E-state index < -0.39 is 0 Å². The normalized spacial score (nSPS) is 10.4. The lowest BCUT2D eigenvalue weighted by atomic mass is 10.1. The summed E-state index contributed by atoms with van der Waals surface area (Å²) in [5.74, 6) is 0.809. The van der Waals surface area contributed by atoms with Crippen LogP contribution in [-0.4, -0.2) is 17.3 Å². The van der Waals surface area contributed by atoms with Crippen LogP contribution in [0.2, 0.25) is 0 Å². The first-order chi connectivity index (χ1) is 7.77. The molecule has 0 saturated carbocycles. The molecular weight excluding hydrogens is 202 g/mol. The SMILES string of the molecule is COc1ccccc1-c1n[nH]c(C)c1CN. The van der Waals surface area contributed by atoms with Gasteiger partial charge in [0.1, 0.15) is 11.4 Å². The second-order valence-corrected chi connectivity index (χ2v) is 3.58. The fourth-order valence-corrected chi connectivity index (χ4v) is 1.77. The number of aromatic amines is 1. The van der Waals surface area contributed by atoms with Gasteiger partial charge in [0.2, 0.25) is 0 Å². The van der Waals surface area contributed by atoms with Gasteiger partial charge in [-0.15, -0.1) is 0 Å². The minimum absolute atomic E-state index is 0.468. The summed E-state index contributed by atoms with van der Waals surface area (Å²) in [5, 5.41) is 7.23. The van der Waals surface area contributed by atoms with Gasteiger partial charge in [-0.25, -0.2) is 0 Å². The lowest BCUT2D eigenvalue weighted by Crippen LogP contribution is -1.99. The fraction of sp³-hybridized carbons (Fsp3) is 0.250. The maximum atomic E-state index is 5.72. The number of hydrogen-bond acceptors (Lipinski definition) is 3. The van der Waals surface area contributed by atoms with Crippen LogP contribution in [0, 0.1) is 6.92 Å². The van der Waals surface area contributed by atoms with Crippen molar-refractivity contribution in [2.24, 2.45) is 5.73 Å². The highest BCUT2D eigenvalue weighted by Crippen LogP contribution is 2.31. The Hall–Kier alpha value is -1.81. The zero-order valence-electron chi connectivity index (χ0n) is 9.45. The van der Waals surface area contributed by atoms with E-state index in [4.69, 9.17) is 10.5 Å². The number of methoxy groups -OCH3 is 1. The summed E-state index contributed by atoms with van der Waals surface area (Å²) in [5.41, 5.74) is 9.60. The van der Waals surface area contributed by atoms with Gasteiger partial charge in [-0.1, -0.05) is 12.1 Å². The number of hydrogen-bond donors (Lipinski definition) is 2. The van der Waals surface area contributed by atoms with Gasteiger partial charge in [0.15, 0.2) is 0 Å². The minimum atomic E-state index is 0.468. The Morgan fingerprint density at radius 2 is 2.12 bits per heavy atom. The fourth-order valence-electron chi connectivity index (χ4n) is 1.77. The van der Waals surface area contributed by atoms with Crippen LogP contribution in [0.3, 0.4) is 0 Å². The van der Waals surface area contributed by atoms with Crippen LogP contribution in [0.15, 0.2) is 24.3 Å². The quantitative estimate of drug-likeness (QED) is 0.824. The van der Waals surface area contributed by atoms with Crippen molar-refractivity contribution >= 4 is 0 Å². The summed E-state index contributed by atoms with van der Waals surface area (Å²) in [7, 11) is 1.65. The second kappa shape index (κ2) is 4.37. The molecule has 16 heavy (non-hydrogen) atoms. The van der Waals surface area contributed by atoms with Gasteiger partial charge in [-0.2, -0.15) is 5.10 Å². The molecule has 0 atom stereocenters. The molecule has 0 aliphatic carbocycles. The molecule has 1 heterocycles. The van der Waals surface area contributed by atoms with Gasteiger partial charge in [0.05, 0.1) is 7.11 Å². The van der Waals surface area contributed by atoms with Gasteiger partial charge >= 0.3 is 0 Å². The van der Waals surface area contributed by atoms with E-state index in [-0.39, 0.29) is 0 Å². The van der Waals surface area contributed by atoms with E-state index in [1.165, 1.54) is 0 Å². The summed E-state index contributed by atoms with van der Waals surface area (Å²) in [6.45, 7) is 2.43. The number of H-pyrrole nitrogens is 1. The third-order valence-corrected chi connectivity index (χ3v) is 2.64. The number of benzene rings is 1. The monoisotopic (exact) mass is 217 g/mol. The molecule has 0 fully saturated rings. The van der Waals surface area contributed by atoms with Gasteiger partial charge in [-0.3, -0.25) is 5.10 Å². The first kappa shape index (κ1) is 10.7. The number of ether oxygens (including phenoxy) is 1. The van der Waals surface area contributed by atoms with Crippen molar-refractivity contribution in [3.63, 3.8) is 0 Å². The lowest BCUT2D eigenvalue weighted by molar-refractivity contribution is 0.416. The summed E-state index contributed by atoms with van der Waals surface area (Å²) in [4.78, 5) is 0. The van der Waals surface area contributed by atoms with Gasteiger partial charge in [-0.05, 0) is 19.1 Å². The Labute approximate surface area is 94.4 Å². The molecule has 0 spiro atoms. The number of rotatable bonds is 3. The minimum Gasteiger partial charge on any atom is -0.496 e. The molecule has 84 valence electrons. The predicted molar refractivity (Wildman–Crippen MR) is 63.2 cm³/mol. The first-order valence-electron chi connectivity index (χ1n) is 5.15. The number of nitrogens with zero attached hydrogens (tertiary/aromatic N) is 1. The van der Waals surface area contributed by atoms with E-state index in [0.29, 0.717) is 6.54 Å². The Morgan fingerprint density at radius 1 is 1.38 bits per heavy atom. The molecule has 0 saturated heterocycles. The molecule has 1 aromatic heterocycles. The molecule has 0 aliphatic rings. The highest BCUT2D eigenvalue weighted by Gasteiger charge is 2.14. The van der Waals surface area contributed by atoms with Crippen molar-refractivity contribution in [3.8, 4) is 17.0 Å². The Balaban J connectivity index is 2.58. The zero-order chi connectivity index (χ0) is 11.5. The van der Waals surface area contributed by atoms with Gasteiger partial charge in [0, 0.05) is 23.4 Å². The summed E-state index contributed by atoms with van der Waals surface area (Å²) in [6, 6.07) is 7.79. The number of aromatic nitrogens is 2. The topological polar surface area (TPSA) is 63.9 Å². The van der Waals surface area contributed by atoms with Crippen LogP contribution in [0.4, 0.5) is 0 Å². The number of aryl methyl sites for hydroxylation is 1. The molecule has 1 aromatic carbocycles. The molecule has 4 nitrogen and oxygen atoms in total. The van der Waals surface area contributed by atoms with E-state index in [0.717, 1.165) is 28.3 Å². The molecule has 2 rings (SSSR count). The second-order valence-electron chi connectivity index (χ2n) is 3.58. The molecule has 3 N–H and O–H groups in total. The van der Waals surface area contributed by atoms with E-state index in [1.807, 2.05) is 31.2 Å². The molecule has 0 amide bonds. The van der Waals surface area contributed by atoms with Crippen molar-refractivity contribution in [1.29, 1.82) is 0 Å². The highest BCUT2D eigenvalue weighted by molar-refractivity contribution is 5.70. The van der Waals surface area contributed by atoms with Crippen LogP contribution in [0.25, 0.3) is 11.3 Å². The summed E-state index contributed by atoms with van der Waals surface area (Å²) < 4.78 is 5.31. The van der Waals surface area contributed by atoms with E-state index >= 15 is 0 Å². The molecular formula is C12H15N3O. The predicted octanol–water partition coefficient (Wildman–Crippen LogP) is 1.85. The summed E-state index contributed by atoms with van der Waals surface area (Å²) >= 11 is 0. The molecule has 4 heteroatoms. The molecule has 2 aromatic rings. The van der Waals surface area contributed by atoms with Crippen molar-refractivity contribution in [2.45, 2.75) is 13.5 Å². The van der Waals surface area contributed by atoms with Crippen molar-refractivity contribution in [3.05, 3.63) is 35.5 Å². The van der Waals surface area contributed by atoms with Crippen LogP contribution in [-0.2, 0) is 6.54 Å². The van der Waals surface area contributed by atoms with Gasteiger partial charge < -0.3 is 10.5 Å². The zero-order valence-corrected chi connectivity index (χ0v) is 9.45. The average Bonchev–Trinajstić information content (AvgIpc) is 2.70. The number of para-hydroxylation sites is 1. The molecule has 0 radical (unpaired) electrons. The Kier molecular flexibility index (Phi) is 2.92. The Morgan fingerprint density at radius 3 is 2.81 bits per heavy atom. The van der Waals surface area contributed by atoms with Gasteiger partial charge in [0.25, 0.3) is 0 Å². The molecule has 0 unspecified atom stereocenters. The standard InChI is InChI=1S/C12H15N3O/c1-8-10(7-13)12(15-14-8)9-5-3-4-6-11(9)16-2/h3-6H,7,13H2,1-2H3,(H,14,15). The maximum Gasteiger partial charge on any atom is 0.128 e. The van der Waals surface area contributed by atoms with Crippen LogP contribution in [0.1, 0.15) is 11.3 Å². The smallest absolute Gasteiger partial charge is 0.128 e. The average molecular weight is 217 g/mol. The van der Waals surface area contributed by atoms with E-state index in [2.05, 4.69) is 10.2 Å². The number of nitrogens with one attached hydrogen (secondary N) is 1. The van der Waals surface area contributed by atoms with Crippen LogP contribution in [0.5, 0.6) is 5.75 Å².